The van der Waals surface area contributed by atoms with Crippen molar-refractivity contribution in [3.8, 4) is 0 Å². The SMILES string of the molecule is O=C(NCc1cccnc1)Nc1cccc2nn3c(C4CCN(C(=O)O)CC4)cc(=O)[nH]c3c12. The van der Waals surface area contributed by atoms with E-state index in [1.807, 2.05) is 12.1 Å². The van der Waals surface area contributed by atoms with Gasteiger partial charge < -0.3 is 25.6 Å². The van der Waals surface area contributed by atoms with Crippen LogP contribution in [0.15, 0.2) is 53.6 Å². The van der Waals surface area contributed by atoms with Gasteiger partial charge in [0.05, 0.1) is 22.3 Å². The molecule has 11 heteroatoms. The van der Waals surface area contributed by atoms with Gasteiger partial charge >= 0.3 is 12.1 Å². The van der Waals surface area contributed by atoms with Crippen LogP contribution in [0.4, 0.5) is 15.3 Å². The Hall–Kier alpha value is -4.41. The quantitative estimate of drug-likeness (QED) is 0.368. The molecule has 1 aromatic carbocycles. The maximum atomic E-state index is 12.6. The van der Waals surface area contributed by atoms with Gasteiger partial charge in [-0.3, -0.25) is 9.78 Å². The number of rotatable bonds is 4. The van der Waals surface area contributed by atoms with E-state index in [0.717, 1.165) is 11.3 Å². The van der Waals surface area contributed by atoms with Crippen molar-refractivity contribution in [1.82, 2.24) is 29.8 Å². The Morgan fingerprint density at radius 3 is 2.74 bits per heavy atom. The molecule has 0 unspecified atom stereocenters. The highest BCUT2D eigenvalue weighted by atomic mass is 16.4. The van der Waals surface area contributed by atoms with E-state index in [4.69, 9.17) is 0 Å². The molecule has 1 aliphatic heterocycles. The molecule has 11 nitrogen and oxygen atoms in total. The Morgan fingerprint density at radius 1 is 1.18 bits per heavy atom. The second-order valence-electron chi connectivity index (χ2n) is 8.23. The van der Waals surface area contributed by atoms with Gasteiger partial charge in [0.25, 0.3) is 5.56 Å². The molecule has 174 valence electrons. The Labute approximate surface area is 193 Å². The summed E-state index contributed by atoms with van der Waals surface area (Å²) in [6.07, 6.45) is 3.61. The number of fused-ring (bicyclic) bond motifs is 3. The fourth-order valence-electron chi connectivity index (χ4n) is 4.40. The summed E-state index contributed by atoms with van der Waals surface area (Å²) in [5, 5.41) is 20.2. The van der Waals surface area contributed by atoms with Crippen molar-refractivity contribution in [3.05, 3.63) is 70.4 Å². The topological polar surface area (TPSA) is 145 Å². The molecular weight excluding hydrogens is 438 g/mol. The minimum Gasteiger partial charge on any atom is -0.465 e. The first-order valence-electron chi connectivity index (χ1n) is 11.0. The van der Waals surface area contributed by atoms with Crippen LogP contribution in [0.25, 0.3) is 16.6 Å². The third-order valence-corrected chi connectivity index (χ3v) is 6.07. The number of aromatic nitrogens is 4. The van der Waals surface area contributed by atoms with E-state index in [9.17, 15) is 19.5 Å². The smallest absolute Gasteiger partial charge is 0.407 e. The lowest BCUT2D eigenvalue weighted by atomic mass is 9.93. The number of anilines is 1. The summed E-state index contributed by atoms with van der Waals surface area (Å²) in [7, 11) is 0. The number of carbonyl (C=O) groups excluding carboxylic acids is 1. The van der Waals surface area contributed by atoms with E-state index in [-0.39, 0.29) is 11.5 Å². The standard InChI is InChI=1S/C23H23N7O4/c31-19-11-18(15-6-9-29(10-7-15)23(33)34)30-21(27-19)20-16(4-1-5-17(20)28-30)26-22(32)25-13-14-3-2-8-24-12-14/h1-5,8,11-12,15H,6-7,9-10,13H2,(H,27,31)(H,33,34)(H2,25,26,32). The van der Waals surface area contributed by atoms with Crippen molar-refractivity contribution in [2.24, 2.45) is 0 Å². The first-order valence-corrected chi connectivity index (χ1v) is 11.0. The summed E-state index contributed by atoms with van der Waals surface area (Å²) < 4.78 is 1.70. The second-order valence-corrected chi connectivity index (χ2v) is 8.23. The maximum Gasteiger partial charge on any atom is 0.407 e. The molecule has 0 aliphatic carbocycles. The van der Waals surface area contributed by atoms with Gasteiger partial charge in [-0.05, 0) is 36.6 Å². The van der Waals surface area contributed by atoms with Crippen molar-refractivity contribution in [1.29, 1.82) is 0 Å². The number of benzene rings is 1. The third kappa shape index (κ3) is 4.15. The van der Waals surface area contributed by atoms with Crippen molar-refractivity contribution < 1.29 is 14.7 Å². The van der Waals surface area contributed by atoms with Gasteiger partial charge in [-0.1, -0.05) is 12.1 Å². The molecule has 3 aromatic heterocycles. The van der Waals surface area contributed by atoms with Crippen LogP contribution < -0.4 is 16.2 Å². The highest BCUT2D eigenvalue weighted by Gasteiger charge is 2.26. The number of amides is 3. The van der Waals surface area contributed by atoms with Gasteiger partial charge in [0.1, 0.15) is 5.65 Å². The summed E-state index contributed by atoms with van der Waals surface area (Å²) in [5.41, 5.74) is 2.95. The molecular formula is C23H23N7O4. The number of hydrogen-bond donors (Lipinski definition) is 4. The maximum absolute atomic E-state index is 12.6. The molecule has 34 heavy (non-hydrogen) atoms. The molecule has 1 fully saturated rings. The van der Waals surface area contributed by atoms with Crippen LogP contribution in [0.3, 0.4) is 0 Å². The van der Waals surface area contributed by atoms with Crippen molar-refractivity contribution in [2.45, 2.75) is 25.3 Å². The zero-order chi connectivity index (χ0) is 23.7. The summed E-state index contributed by atoms with van der Waals surface area (Å²) >= 11 is 0. The second kappa shape index (κ2) is 8.85. The van der Waals surface area contributed by atoms with Crippen molar-refractivity contribution >= 4 is 34.4 Å². The summed E-state index contributed by atoms with van der Waals surface area (Å²) in [6.45, 7) is 1.12. The lowest BCUT2D eigenvalue weighted by Crippen LogP contribution is -2.37. The number of likely N-dealkylation sites (tertiary alicyclic amines) is 1. The molecule has 0 spiro atoms. The minimum atomic E-state index is -0.933. The first-order chi connectivity index (χ1) is 16.5. The zero-order valence-corrected chi connectivity index (χ0v) is 18.2. The molecule has 4 N–H and O–H groups in total. The van der Waals surface area contributed by atoms with Gasteiger partial charge in [-0.25, -0.2) is 14.1 Å². The molecule has 0 saturated carbocycles. The third-order valence-electron chi connectivity index (χ3n) is 6.07. The summed E-state index contributed by atoms with van der Waals surface area (Å²) in [4.78, 5) is 44.6. The van der Waals surface area contributed by atoms with Crippen LogP contribution in [-0.4, -0.2) is 54.8 Å². The van der Waals surface area contributed by atoms with Crippen LogP contribution in [0, 0.1) is 0 Å². The molecule has 3 amide bonds. The average Bonchev–Trinajstić information content (AvgIpc) is 3.22. The number of nitrogens with zero attached hydrogens (tertiary/aromatic N) is 4. The van der Waals surface area contributed by atoms with E-state index in [0.29, 0.717) is 54.7 Å². The molecule has 0 atom stereocenters. The van der Waals surface area contributed by atoms with Crippen LogP contribution in [0.5, 0.6) is 0 Å². The van der Waals surface area contributed by atoms with Gasteiger partial charge in [-0.15, -0.1) is 0 Å². The van der Waals surface area contributed by atoms with Crippen molar-refractivity contribution in [3.63, 3.8) is 0 Å². The van der Waals surface area contributed by atoms with E-state index < -0.39 is 12.1 Å². The minimum absolute atomic E-state index is 0.00565. The number of nitrogens with one attached hydrogen (secondary N) is 3. The fraction of sp³-hybridized carbons (Fsp3) is 0.261. The Morgan fingerprint density at radius 2 is 2.00 bits per heavy atom. The number of urea groups is 1. The number of hydrogen-bond acceptors (Lipinski definition) is 5. The largest absolute Gasteiger partial charge is 0.465 e. The van der Waals surface area contributed by atoms with Gasteiger partial charge in [-0.2, -0.15) is 5.10 Å². The number of carbonyl (C=O) groups is 2. The van der Waals surface area contributed by atoms with Crippen LogP contribution in [0.1, 0.15) is 30.0 Å². The van der Waals surface area contributed by atoms with E-state index in [1.165, 1.54) is 11.0 Å². The average molecular weight is 461 g/mol. The molecule has 1 aliphatic rings. The number of carboxylic acid groups (broad SMARTS) is 1. The Kier molecular flexibility index (Phi) is 5.58. The first kappa shape index (κ1) is 21.4. The normalized spacial score (nSPS) is 14.4. The number of pyridine rings is 1. The predicted molar refractivity (Wildman–Crippen MR) is 125 cm³/mol. The highest BCUT2D eigenvalue weighted by Crippen LogP contribution is 2.31. The van der Waals surface area contributed by atoms with Crippen molar-refractivity contribution in [2.75, 3.05) is 18.4 Å². The van der Waals surface area contributed by atoms with Gasteiger partial charge in [0.2, 0.25) is 0 Å². The fourth-order valence-corrected chi connectivity index (χ4v) is 4.40. The number of H-pyrrole nitrogens is 1. The van der Waals surface area contributed by atoms with Gasteiger partial charge in [0.15, 0.2) is 0 Å². The molecule has 0 bridgehead atoms. The zero-order valence-electron chi connectivity index (χ0n) is 18.2. The number of piperidine rings is 1. The molecule has 5 rings (SSSR count). The highest BCUT2D eigenvalue weighted by molar-refractivity contribution is 6.07. The molecule has 0 radical (unpaired) electrons. The Balaban J connectivity index is 1.45. The number of aromatic amines is 1. The lowest BCUT2D eigenvalue weighted by Gasteiger charge is -2.30. The predicted octanol–water partition coefficient (Wildman–Crippen LogP) is 2.75. The van der Waals surface area contributed by atoms with Crippen LogP contribution >= 0.6 is 0 Å². The van der Waals surface area contributed by atoms with E-state index in [2.05, 4.69) is 25.7 Å². The van der Waals surface area contributed by atoms with E-state index in [1.54, 1.807) is 35.1 Å². The summed E-state index contributed by atoms with van der Waals surface area (Å²) in [6, 6.07) is 10.2. The van der Waals surface area contributed by atoms with E-state index >= 15 is 0 Å². The lowest BCUT2D eigenvalue weighted by molar-refractivity contribution is 0.131. The monoisotopic (exact) mass is 461 g/mol. The Bertz CT molecular complexity index is 1420. The van der Waals surface area contributed by atoms with Crippen LogP contribution in [-0.2, 0) is 6.54 Å². The molecule has 1 saturated heterocycles. The van der Waals surface area contributed by atoms with Gasteiger partial charge in [0, 0.05) is 44.0 Å². The molecule has 4 aromatic rings. The van der Waals surface area contributed by atoms with Crippen LogP contribution in [0.2, 0.25) is 0 Å². The summed E-state index contributed by atoms with van der Waals surface area (Å²) in [5.74, 6) is -0.00565. The molecule has 4 heterocycles.